The topological polar surface area (TPSA) is 21.3 Å². The highest BCUT2D eigenvalue weighted by Gasteiger charge is 2.17. The Hall–Kier alpha value is -0.280. The summed E-state index contributed by atoms with van der Waals surface area (Å²) in [6.45, 7) is 2.58. The molecule has 2 nitrogen and oxygen atoms in total. The second kappa shape index (κ2) is 5.17. The van der Waals surface area contributed by atoms with Crippen LogP contribution in [0, 0.1) is 0 Å². The molecule has 1 aliphatic rings. The van der Waals surface area contributed by atoms with Gasteiger partial charge >= 0.3 is 0 Å². The quantitative estimate of drug-likeness (QED) is 0.822. The smallest absolute Gasteiger partial charge is 0.0963 e. The van der Waals surface area contributed by atoms with Gasteiger partial charge in [0, 0.05) is 28.8 Å². The Bertz CT molecular complexity index is 335. The fraction of sp³-hybridized carbons (Fsp3) is 0.455. The highest BCUT2D eigenvalue weighted by Crippen LogP contribution is 2.28. The van der Waals surface area contributed by atoms with Crippen molar-refractivity contribution in [1.82, 2.24) is 5.32 Å². The van der Waals surface area contributed by atoms with Crippen LogP contribution >= 0.6 is 23.2 Å². The summed E-state index contributed by atoms with van der Waals surface area (Å²) in [5, 5.41) is 4.66. The lowest BCUT2D eigenvalue weighted by molar-refractivity contribution is 0.0670. The molecule has 0 aliphatic carbocycles. The summed E-state index contributed by atoms with van der Waals surface area (Å²) in [7, 11) is 0. The molecule has 1 aromatic carbocycles. The predicted octanol–water partition coefficient (Wildman–Crippen LogP) is 3.04. The average Bonchev–Trinajstić information content (AvgIpc) is 2.46. The Labute approximate surface area is 99.5 Å². The van der Waals surface area contributed by atoms with Crippen LogP contribution in [0.3, 0.4) is 0 Å². The van der Waals surface area contributed by atoms with Crippen LogP contribution in [-0.4, -0.2) is 19.7 Å². The summed E-state index contributed by atoms with van der Waals surface area (Å²) in [6, 6.07) is 5.53. The van der Waals surface area contributed by atoms with Crippen molar-refractivity contribution in [3.8, 4) is 0 Å². The third-order valence-electron chi connectivity index (χ3n) is 2.46. The molecule has 1 aromatic rings. The molecule has 1 unspecified atom stereocenters. The molecular formula is C11H13Cl2NO. The van der Waals surface area contributed by atoms with E-state index in [1.165, 1.54) is 0 Å². The number of benzene rings is 1. The minimum Gasteiger partial charge on any atom is -0.372 e. The molecule has 0 aromatic heterocycles. The largest absolute Gasteiger partial charge is 0.372 e. The van der Waals surface area contributed by atoms with E-state index in [1.807, 2.05) is 12.1 Å². The van der Waals surface area contributed by atoms with E-state index in [1.54, 1.807) is 6.07 Å². The molecule has 4 heteroatoms. The maximum atomic E-state index is 6.12. The van der Waals surface area contributed by atoms with Gasteiger partial charge in [-0.2, -0.15) is 0 Å². The van der Waals surface area contributed by atoms with E-state index < -0.39 is 0 Å². The Morgan fingerprint density at radius 2 is 2.20 bits per heavy atom. The predicted molar refractivity (Wildman–Crippen MR) is 62.6 cm³/mol. The molecular weight excluding hydrogens is 233 g/mol. The van der Waals surface area contributed by atoms with Crippen molar-refractivity contribution in [3.05, 3.63) is 33.8 Å². The Morgan fingerprint density at radius 3 is 3.00 bits per heavy atom. The zero-order valence-electron chi connectivity index (χ0n) is 8.30. The van der Waals surface area contributed by atoms with Gasteiger partial charge in [-0.3, -0.25) is 0 Å². The highest BCUT2D eigenvalue weighted by atomic mass is 35.5. The Balaban J connectivity index is 2.19. The Kier molecular flexibility index (Phi) is 3.87. The molecule has 0 amide bonds. The van der Waals surface area contributed by atoms with Gasteiger partial charge in [0.1, 0.15) is 0 Å². The third kappa shape index (κ3) is 2.85. The van der Waals surface area contributed by atoms with Crippen LogP contribution in [0.15, 0.2) is 18.2 Å². The van der Waals surface area contributed by atoms with Crippen LogP contribution in [-0.2, 0) is 4.74 Å². The van der Waals surface area contributed by atoms with E-state index in [9.17, 15) is 0 Å². The summed E-state index contributed by atoms with van der Waals surface area (Å²) in [5.74, 6) is 0. The van der Waals surface area contributed by atoms with E-state index in [2.05, 4.69) is 5.32 Å². The van der Waals surface area contributed by atoms with Gasteiger partial charge in [-0.05, 0) is 25.1 Å². The summed E-state index contributed by atoms with van der Waals surface area (Å²) in [4.78, 5) is 0. The zero-order valence-corrected chi connectivity index (χ0v) is 9.81. The molecule has 2 rings (SSSR count). The number of nitrogens with one attached hydrogen (secondary N) is 1. The van der Waals surface area contributed by atoms with E-state index in [-0.39, 0.29) is 6.10 Å². The van der Waals surface area contributed by atoms with E-state index in [0.717, 1.165) is 31.7 Å². The molecule has 1 saturated heterocycles. The van der Waals surface area contributed by atoms with Gasteiger partial charge in [-0.25, -0.2) is 0 Å². The molecule has 0 radical (unpaired) electrons. The fourth-order valence-electron chi connectivity index (χ4n) is 1.68. The van der Waals surface area contributed by atoms with Crippen LogP contribution in [0.4, 0.5) is 0 Å². The second-order valence-corrected chi connectivity index (χ2v) is 4.43. The molecule has 1 atom stereocenters. The van der Waals surface area contributed by atoms with Crippen LogP contribution in [0.5, 0.6) is 0 Å². The highest BCUT2D eigenvalue weighted by molar-refractivity contribution is 6.35. The van der Waals surface area contributed by atoms with E-state index in [0.29, 0.717) is 10.0 Å². The van der Waals surface area contributed by atoms with Gasteiger partial charge in [0.25, 0.3) is 0 Å². The first-order valence-corrected chi connectivity index (χ1v) is 5.80. The number of halogens is 2. The summed E-state index contributed by atoms with van der Waals surface area (Å²) in [5.41, 5.74) is 1.01. The van der Waals surface area contributed by atoms with Gasteiger partial charge in [-0.1, -0.05) is 29.3 Å². The van der Waals surface area contributed by atoms with Gasteiger partial charge in [-0.15, -0.1) is 0 Å². The number of rotatable bonds is 1. The standard InChI is InChI=1S/C11H13Cl2NO/c12-8-2-3-9(10(13)6-8)11-7-14-4-1-5-15-11/h2-3,6,11,14H,1,4-5,7H2. The first kappa shape index (κ1) is 11.2. The summed E-state index contributed by atoms with van der Waals surface area (Å²) < 4.78 is 5.72. The van der Waals surface area contributed by atoms with Crippen molar-refractivity contribution in [1.29, 1.82) is 0 Å². The minimum absolute atomic E-state index is 0.0391. The van der Waals surface area contributed by atoms with Gasteiger partial charge in [0.05, 0.1) is 6.10 Å². The lowest BCUT2D eigenvalue weighted by Gasteiger charge is -2.16. The lowest BCUT2D eigenvalue weighted by Crippen LogP contribution is -2.20. The maximum absolute atomic E-state index is 6.12. The zero-order chi connectivity index (χ0) is 10.7. The van der Waals surface area contributed by atoms with Gasteiger partial charge in [0.2, 0.25) is 0 Å². The number of ether oxygens (including phenoxy) is 1. The van der Waals surface area contributed by atoms with Crippen LogP contribution in [0.25, 0.3) is 0 Å². The fourth-order valence-corrected chi connectivity index (χ4v) is 2.21. The first-order chi connectivity index (χ1) is 7.27. The lowest BCUT2D eigenvalue weighted by atomic mass is 10.1. The summed E-state index contributed by atoms with van der Waals surface area (Å²) >= 11 is 12.0. The average molecular weight is 246 g/mol. The van der Waals surface area contributed by atoms with Crippen molar-refractivity contribution in [3.63, 3.8) is 0 Å². The van der Waals surface area contributed by atoms with E-state index >= 15 is 0 Å². The van der Waals surface area contributed by atoms with Gasteiger partial charge < -0.3 is 10.1 Å². The number of hydrogen-bond acceptors (Lipinski definition) is 2. The third-order valence-corrected chi connectivity index (χ3v) is 3.02. The minimum atomic E-state index is 0.0391. The SMILES string of the molecule is Clc1ccc(C2CNCCCO2)c(Cl)c1. The van der Waals surface area contributed by atoms with Crippen molar-refractivity contribution >= 4 is 23.2 Å². The molecule has 1 N–H and O–H groups in total. The normalized spacial score (nSPS) is 22.4. The van der Waals surface area contributed by atoms with Crippen LogP contribution in [0.2, 0.25) is 10.0 Å². The molecule has 0 spiro atoms. The molecule has 1 fully saturated rings. The maximum Gasteiger partial charge on any atom is 0.0963 e. The second-order valence-electron chi connectivity index (χ2n) is 3.58. The van der Waals surface area contributed by atoms with Crippen molar-refractivity contribution in [2.75, 3.05) is 19.7 Å². The molecule has 15 heavy (non-hydrogen) atoms. The van der Waals surface area contributed by atoms with Crippen molar-refractivity contribution < 1.29 is 4.74 Å². The first-order valence-electron chi connectivity index (χ1n) is 5.04. The van der Waals surface area contributed by atoms with Crippen LogP contribution < -0.4 is 5.32 Å². The monoisotopic (exact) mass is 245 g/mol. The number of hydrogen-bond donors (Lipinski definition) is 1. The van der Waals surface area contributed by atoms with Crippen molar-refractivity contribution in [2.24, 2.45) is 0 Å². The molecule has 1 heterocycles. The molecule has 1 aliphatic heterocycles. The molecule has 0 saturated carbocycles. The molecule has 82 valence electrons. The Morgan fingerprint density at radius 1 is 1.33 bits per heavy atom. The van der Waals surface area contributed by atoms with Crippen LogP contribution in [0.1, 0.15) is 18.1 Å². The van der Waals surface area contributed by atoms with E-state index in [4.69, 9.17) is 27.9 Å². The van der Waals surface area contributed by atoms with Crippen molar-refractivity contribution in [2.45, 2.75) is 12.5 Å². The summed E-state index contributed by atoms with van der Waals surface area (Å²) in [6.07, 6.45) is 1.08. The van der Waals surface area contributed by atoms with Gasteiger partial charge in [0.15, 0.2) is 0 Å². The molecule has 0 bridgehead atoms.